The van der Waals surface area contributed by atoms with Gasteiger partial charge in [-0.05, 0) is 18.6 Å². The van der Waals surface area contributed by atoms with Gasteiger partial charge in [0.15, 0.2) is 0 Å². The van der Waals surface area contributed by atoms with Gasteiger partial charge in [-0.1, -0.05) is 26.0 Å². The smallest absolute Gasteiger partial charge is 0.216 e. The van der Waals surface area contributed by atoms with Crippen LogP contribution in [0.1, 0.15) is 19.8 Å². The molecule has 0 heterocycles. The van der Waals surface area contributed by atoms with E-state index < -0.39 is 0 Å². The molecular weight excluding hydrogens is 192 g/mol. The SMILES string of the molecule is CCCCOC(=S)S.[Cr]. The maximum atomic E-state index is 4.88. The van der Waals surface area contributed by atoms with Gasteiger partial charge in [-0.3, -0.25) is 0 Å². The predicted molar refractivity (Wildman–Crippen MR) is 42.4 cm³/mol. The van der Waals surface area contributed by atoms with E-state index in [9.17, 15) is 0 Å². The van der Waals surface area contributed by atoms with Gasteiger partial charge >= 0.3 is 0 Å². The Kier molecular flexibility index (Phi) is 12.1. The second-order valence-electron chi connectivity index (χ2n) is 1.47. The minimum Gasteiger partial charge on any atom is -0.479 e. The zero-order chi connectivity index (χ0) is 6.41. The molecule has 0 amide bonds. The standard InChI is InChI=1S/C5H10OS2.Cr/c1-2-3-4-6-5(7)8;/h2-4H2,1H3,(H,7,8);. The van der Waals surface area contributed by atoms with Crippen LogP contribution in [0.25, 0.3) is 0 Å². The topological polar surface area (TPSA) is 9.23 Å². The summed E-state index contributed by atoms with van der Waals surface area (Å²) in [5.74, 6) is 0. The predicted octanol–water partition coefficient (Wildman–Crippen LogP) is 2.02. The van der Waals surface area contributed by atoms with E-state index in [-0.39, 0.29) is 17.4 Å². The monoisotopic (exact) mass is 202 g/mol. The Balaban J connectivity index is 0. The first-order chi connectivity index (χ1) is 3.77. The van der Waals surface area contributed by atoms with Gasteiger partial charge in [0.2, 0.25) is 4.38 Å². The van der Waals surface area contributed by atoms with Crippen LogP contribution in [0.2, 0.25) is 0 Å². The average molecular weight is 202 g/mol. The van der Waals surface area contributed by atoms with Crippen molar-refractivity contribution in [1.82, 2.24) is 0 Å². The summed E-state index contributed by atoms with van der Waals surface area (Å²) >= 11 is 8.33. The molecule has 0 bridgehead atoms. The zero-order valence-electron chi connectivity index (χ0n) is 5.29. The summed E-state index contributed by atoms with van der Waals surface area (Å²) in [5.41, 5.74) is 0. The van der Waals surface area contributed by atoms with Crippen LogP contribution in [-0.4, -0.2) is 11.0 Å². The Morgan fingerprint density at radius 1 is 1.67 bits per heavy atom. The molecule has 0 spiro atoms. The van der Waals surface area contributed by atoms with Crippen molar-refractivity contribution >= 4 is 29.2 Å². The molecule has 0 aromatic heterocycles. The van der Waals surface area contributed by atoms with Gasteiger partial charge in [-0.25, -0.2) is 0 Å². The van der Waals surface area contributed by atoms with Gasteiger partial charge < -0.3 is 4.74 Å². The average Bonchev–Trinajstić information content (AvgIpc) is 1.66. The Morgan fingerprint density at radius 3 is 2.56 bits per heavy atom. The van der Waals surface area contributed by atoms with Crippen molar-refractivity contribution in [2.24, 2.45) is 0 Å². The molecule has 9 heavy (non-hydrogen) atoms. The van der Waals surface area contributed by atoms with E-state index in [4.69, 9.17) is 4.74 Å². The number of hydrogen-bond donors (Lipinski definition) is 1. The van der Waals surface area contributed by atoms with Crippen LogP contribution in [0, 0.1) is 0 Å². The molecule has 0 saturated carbocycles. The summed E-state index contributed by atoms with van der Waals surface area (Å²) in [6.07, 6.45) is 2.19. The molecule has 0 radical (unpaired) electrons. The van der Waals surface area contributed by atoms with Gasteiger partial charge in [-0.15, -0.1) is 0 Å². The normalized spacial score (nSPS) is 7.78. The molecule has 0 aromatic rings. The van der Waals surface area contributed by atoms with E-state index in [2.05, 4.69) is 31.8 Å². The minimum absolute atomic E-state index is 0. The molecule has 0 unspecified atom stereocenters. The fourth-order valence-corrected chi connectivity index (χ4v) is 0.478. The number of ether oxygens (including phenoxy) is 1. The third-order valence-corrected chi connectivity index (χ3v) is 0.970. The number of unbranched alkanes of at least 4 members (excludes halogenated alkanes) is 1. The quantitative estimate of drug-likeness (QED) is 0.426. The number of thiol groups is 1. The molecule has 0 atom stereocenters. The second-order valence-corrected chi connectivity index (χ2v) is 2.55. The van der Waals surface area contributed by atoms with Crippen molar-refractivity contribution in [3.63, 3.8) is 0 Å². The molecule has 0 saturated heterocycles. The van der Waals surface area contributed by atoms with Crippen LogP contribution >= 0.6 is 24.8 Å². The first-order valence-corrected chi connectivity index (χ1v) is 3.48. The molecule has 0 aliphatic rings. The Hall–Kier alpha value is 0.772. The second kappa shape index (κ2) is 8.77. The van der Waals surface area contributed by atoms with Crippen LogP contribution in [0.5, 0.6) is 0 Å². The van der Waals surface area contributed by atoms with E-state index in [1.54, 1.807) is 0 Å². The number of thiocarbonyl (C=S) groups is 1. The molecule has 1 nitrogen and oxygen atoms in total. The molecule has 4 heteroatoms. The Bertz CT molecular complexity index is 77.4. The van der Waals surface area contributed by atoms with Gasteiger partial charge in [0, 0.05) is 17.4 Å². The zero-order valence-corrected chi connectivity index (χ0v) is 8.28. The van der Waals surface area contributed by atoms with E-state index in [1.807, 2.05) is 0 Å². The van der Waals surface area contributed by atoms with Crippen LogP contribution in [-0.2, 0) is 22.1 Å². The number of rotatable bonds is 3. The summed E-state index contributed by atoms with van der Waals surface area (Å²) in [6, 6.07) is 0. The third-order valence-electron chi connectivity index (χ3n) is 0.723. The summed E-state index contributed by atoms with van der Waals surface area (Å²) in [7, 11) is 0. The Morgan fingerprint density at radius 2 is 2.22 bits per heavy atom. The van der Waals surface area contributed by atoms with Crippen molar-refractivity contribution in [3.05, 3.63) is 0 Å². The van der Waals surface area contributed by atoms with E-state index in [1.165, 1.54) is 0 Å². The first kappa shape index (κ1) is 12.4. The Labute approximate surface area is 77.7 Å². The van der Waals surface area contributed by atoms with Crippen molar-refractivity contribution in [3.8, 4) is 0 Å². The van der Waals surface area contributed by atoms with Crippen LogP contribution < -0.4 is 0 Å². The largest absolute Gasteiger partial charge is 0.479 e. The van der Waals surface area contributed by atoms with Gasteiger partial charge in [0.05, 0.1) is 6.61 Å². The molecule has 0 N–H and O–H groups in total. The summed E-state index contributed by atoms with van der Waals surface area (Å²) in [4.78, 5) is 0. The van der Waals surface area contributed by atoms with Gasteiger partial charge in [0.25, 0.3) is 0 Å². The van der Waals surface area contributed by atoms with E-state index in [0.717, 1.165) is 12.8 Å². The molecule has 54 valence electrons. The van der Waals surface area contributed by atoms with Crippen LogP contribution in [0.15, 0.2) is 0 Å². The molecule has 0 fully saturated rings. The fourth-order valence-electron chi connectivity index (χ4n) is 0.304. The summed E-state index contributed by atoms with van der Waals surface area (Å²) in [6.45, 7) is 2.81. The molecule has 0 aliphatic carbocycles. The van der Waals surface area contributed by atoms with Crippen molar-refractivity contribution in [1.29, 1.82) is 0 Å². The number of hydrogen-bond acceptors (Lipinski definition) is 2. The van der Waals surface area contributed by atoms with Crippen molar-refractivity contribution in [2.45, 2.75) is 19.8 Å². The molecule has 0 rings (SSSR count). The van der Waals surface area contributed by atoms with Gasteiger partial charge in [0.1, 0.15) is 0 Å². The van der Waals surface area contributed by atoms with Gasteiger partial charge in [-0.2, -0.15) is 0 Å². The first-order valence-electron chi connectivity index (χ1n) is 2.63. The van der Waals surface area contributed by atoms with E-state index >= 15 is 0 Å². The van der Waals surface area contributed by atoms with Crippen molar-refractivity contribution in [2.75, 3.05) is 6.61 Å². The molecule has 0 aromatic carbocycles. The third kappa shape index (κ3) is 12.1. The van der Waals surface area contributed by atoms with Crippen molar-refractivity contribution < 1.29 is 22.1 Å². The fraction of sp³-hybridized carbons (Fsp3) is 0.800. The summed E-state index contributed by atoms with van der Waals surface area (Å²) < 4.78 is 5.22. The maximum absolute atomic E-state index is 4.88. The molecular formula is C5H10CrOS2. The van der Waals surface area contributed by atoms with Crippen LogP contribution in [0.4, 0.5) is 0 Å². The summed E-state index contributed by atoms with van der Waals surface area (Å²) in [5, 5.41) is 0. The minimum atomic E-state index is 0. The van der Waals surface area contributed by atoms with Crippen LogP contribution in [0.3, 0.4) is 0 Å². The maximum Gasteiger partial charge on any atom is 0.216 e. The van der Waals surface area contributed by atoms with E-state index in [0.29, 0.717) is 11.0 Å². The molecule has 0 aliphatic heterocycles.